The van der Waals surface area contributed by atoms with Crippen LogP contribution in [0.4, 0.5) is 0 Å². The second-order valence-electron chi connectivity index (χ2n) is 5.24. The Kier molecular flexibility index (Phi) is 5.82. The van der Waals surface area contributed by atoms with E-state index in [0.29, 0.717) is 12.1 Å². The summed E-state index contributed by atoms with van der Waals surface area (Å²) in [5, 5.41) is 3.78. The summed E-state index contributed by atoms with van der Waals surface area (Å²) in [6.07, 6.45) is 2.10. The molecule has 112 valence electrons. The molecule has 1 N–H and O–H groups in total. The molecule has 0 aromatic heterocycles. The Hall–Kier alpha value is -1.80. The average Bonchev–Trinajstić information content (AvgIpc) is 2.57. The summed E-state index contributed by atoms with van der Waals surface area (Å²) in [5.41, 5.74) is 2.57. The number of hydrogen-bond acceptors (Lipinski definition) is 2. The molecule has 0 amide bonds. The Labute approximate surface area is 128 Å². The summed E-state index contributed by atoms with van der Waals surface area (Å²) in [5.74, 6) is 0.958. The first-order valence-electron chi connectivity index (χ1n) is 7.74. The maximum absolute atomic E-state index is 5.51. The van der Waals surface area contributed by atoms with E-state index < -0.39 is 0 Å². The first kappa shape index (κ1) is 15.6. The Morgan fingerprint density at radius 2 is 1.48 bits per heavy atom. The zero-order chi connectivity index (χ0) is 15.1. The number of benzene rings is 2. The van der Waals surface area contributed by atoms with Gasteiger partial charge in [0.1, 0.15) is 5.75 Å². The van der Waals surface area contributed by atoms with Crippen LogP contribution in [0.15, 0.2) is 54.6 Å². The van der Waals surface area contributed by atoms with Crippen LogP contribution >= 0.6 is 0 Å². The topological polar surface area (TPSA) is 21.3 Å². The molecule has 2 aromatic carbocycles. The fourth-order valence-electron chi connectivity index (χ4n) is 2.76. The van der Waals surface area contributed by atoms with E-state index in [0.717, 1.165) is 18.6 Å². The van der Waals surface area contributed by atoms with Crippen LogP contribution in [0.3, 0.4) is 0 Å². The minimum Gasteiger partial charge on any atom is -0.496 e. The monoisotopic (exact) mass is 283 g/mol. The van der Waals surface area contributed by atoms with Gasteiger partial charge in [0.2, 0.25) is 0 Å². The normalized spacial score (nSPS) is 13.7. The van der Waals surface area contributed by atoms with Crippen molar-refractivity contribution >= 4 is 0 Å². The predicted octanol–water partition coefficient (Wildman–Crippen LogP) is 4.89. The predicted molar refractivity (Wildman–Crippen MR) is 88.6 cm³/mol. The van der Waals surface area contributed by atoms with Gasteiger partial charge in [-0.25, -0.2) is 0 Å². The lowest BCUT2D eigenvalue weighted by Gasteiger charge is -2.26. The highest BCUT2D eigenvalue weighted by Crippen LogP contribution is 2.30. The smallest absolute Gasteiger partial charge is 0.123 e. The van der Waals surface area contributed by atoms with Crippen LogP contribution in [-0.2, 0) is 0 Å². The largest absolute Gasteiger partial charge is 0.496 e. The maximum Gasteiger partial charge on any atom is 0.123 e. The van der Waals surface area contributed by atoms with Gasteiger partial charge < -0.3 is 10.1 Å². The molecular weight excluding hydrogens is 258 g/mol. The first-order chi connectivity index (χ1) is 10.3. The van der Waals surface area contributed by atoms with Crippen molar-refractivity contribution in [2.75, 3.05) is 7.11 Å². The molecule has 2 unspecified atom stereocenters. The second-order valence-corrected chi connectivity index (χ2v) is 5.24. The maximum atomic E-state index is 5.51. The van der Waals surface area contributed by atoms with Crippen molar-refractivity contribution < 1.29 is 4.74 Å². The number of nitrogens with one attached hydrogen (secondary N) is 1. The molecule has 2 rings (SSSR count). The molecule has 0 aliphatic carbocycles. The highest BCUT2D eigenvalue weighted by atomic mass is 16.5. The summed E-state index contributed by atoms with van der Waals surface area (Å²) in [4.78, 5) is 0. The summed E-state index contributed by atoms with van der Waals surface area (Å²) in [7, 11) is 1.74. The summed E-state index contributed by atoms with van der Waals surface area (Å²) < 4.78 is 5.51. The highest BCUT2D eigenvalue weighted by Gasteiger charge is 2.18. The third-order valence-electron chi connectivity index (χ3n) is 3.94. The van der Waals surface area contributed by atoms with Crippen LogP contribution in [0.2, 0.25) is 0 Å². The lowest BCUT2D eigenvalue weighted by Crippen LogP contribution is -2.26. The molecular formula is C19H25NO. The minimum atomic E-state index is 0.298. The third-order valence-corrected chi connectivity index (χ3v) is 3.94. The Balaban J connectivity index is 2.21. The quantitative estimate of drug-likeness (QED) is 0.781. The van der Waals surface area contributed by atoms with E-state index in [1.54, 1.807) is 7.11 Å². The van der Waals surface area contributed by atoms with Crippen molar-refractivity contribution in [2.24, 2.45) is 0 Å². The molecule has 0 saturated carbocycles. The molecule has 0 fully saturated rings. The average molecular weight is 283 g/mol. The zero-order valence-electron chi connectivity index (χ0n) is 13.2. The van der Waals surface area contributed by atoms with Gasteiger partial charge in [0.25, 0.3) is 0 Å². The Morgan fingerprint density at radius 3 is 2.10 bits per heavy atom. The van der Waals surface area contributed by atoms with Gasteiger partial charge in [0.15, 0.2) is 0 Å². The molecule has 0 heterocycles. The lowest BCUT2D eigenvalue weighted by atomic mass is 9.98. The van der Waals surface area contributed by atoms with E-state index >= 15 is 0 Å². The molecule has 0 aliphatic heterocycles. The Morgan fingerprint density at radius 1 is 0.857 bits per heavy atom. The van der Waals surface area contributed by atoms with E-state index in [1.807, 2.05) is 12.1 Å². The van der Waals surface area contributed by atoms with Gasteiger partial charge in [0, 0.05) is 17.6 Å². The van der Waals surface area contributed by atoms with Gasteiger partial charge in [-0.05, 0) is 24.5 Å². The van der Waals surface area contributed by atoms with E-state index in [1.165, 1.54) is 11.1 Å². The summed E-state index contributed by atoms with van der Waals surface area (Å²) in [6.45, 7) is 4.43. The van der Waals surface area contributed by atoms with Crippen molar-refractivity contribution in [3.63, 3.8) is 0 Å². The van der Waals surface area contributed by atoms with Crippen LogP contribution in [0, 0.1) is 0 Å². The number of methoxy groups -OCH3 is 1. The van der Waals surface area contributed by atoms with Crippen LogP contribution in [0.5, 0.6) is 5.75 Å². The first-order valence-corrected chi connectivity index (χ1v) is 7.74. The van der Waals surface area contributed by atoms with Gasteiger partial charge in [-0.15, -0.1) is 0 Å². The molecule has 0 saturated heterocycles. The molecule has 0 spiro atoms. The van der Waals surface area contributed by atoms with Gasteiger partial charge in [0.05, 0.1) is 7.11 Å². The number of rotatable bonds is 7. The molecule has 2 heteroatoms. The molecule has 0 radical (unpaired) electrons. The van der Waals surface area contributed by atoms with Gasteiger partial charge >= 0.3 is 0 Å². The lowest BCUT2D eigenvalue weighted by molar-refractivity contribution is 0.381. The van der Waals surface area contributed by atoms with Crippen molar-refractivity contribution in [1.29, 1.82) is 0 Å². The van der Waals surface area contributed by atoms with Crippen LogP contribution in [-0.4, -0.2) is 7.11 Å². The van der Waals surface area contributed by atoms with Crippen molar-refractivity contribution in [2.45, 2.75) is 38.8 Å². The Bertz CT molecular complexity index is 538. The number of hydrogen-bond donors (Lipinski definition) is 1. The van der Waals surface area contributed by atoms with Crippen LogP contribution < -0.4 is 10.1 Å². The second kappa shape index (κ2) is 7.84. The van der Waals surface area contributed by atoms with Gasteiger partial charge in [-0.3, -0.25) is 0 Å². The summed E-state index contributed by atoms with van der Waals surface area (Å²) in [6, 6.07) is 19.6. The standard InChI is InChI=1S/C19H25NO/c1-4-17(15-11-7-6-8-12-15)20-18(5-2)16-13-9-10-14-19(16)21-3/h6-14,17-18,20H,4-5H2,1-3H3. The molecule has 2 atom stereocenters. The zero-order valence-corrected chi connectivity index (χ0v) is 13.2. The SMILES string of the molecule is CCC(NC(CC)c1ccccc1OC)c1ccccc1. The van der Waals surface area contributed by atoms with E-state index in [4.69, 9.17) is 4.74 Å². The molecule has 0 bridgehead atoms. The molecule has 0 aliphatic rings. The van der Waals surface area contributed by atoms with Gasteiger partial charge in [-0.1, -0.05) is 62.4 Å². The molecule has 2 aromatic rings. The fraction of sp³-hybridized carbons (Fsp3) is 0.368. The summed E-state index contributed by atoms with van der Waals surface area (Å²) >= 11 is 0. The number of ether oxygens (including phenoxy) is 1. The fourth-order valence-corrected chi connectivity index (χ4v) is 2.76. The third kappa shape index (κ3) is 3.85. The van der Waals surface area contributed by atoms with Crippen LogP contribution in [0.25, 0.3) is 0 Å². The van der Waals surface area contributed by atoms with E-state index in [9.17, 15) is 0 Å². The van der Waals surface area contributed by atoms with Crippen molar-refractivity contribution in [3.05, 3.63) is 65.7 Å². The van der Waals surface area contributed by atoms with Crippen LogP contribution in [0.1, 0.15) is 49.9 Å². The van der Waals surface area contributed by atoms with E-state index in [-0.39, 0.29) is 0 Å². The number of para-hydroxylation sites is 1. The minimum absolute atomic E-state index is 0.298. The van der Waals surface area contributed by atoms with Crippen molar-refractivity contribution in [3.8, 4) is 5.75 Å². The molecule has 2 nitrogen and oxygen atoms in total. The van der Waals surface area contributed by atoms with E-state index in [2.05, 4.69) is 61.6 Å². The van der Waals surface area contributed by atoms with Crippen molar-refractivity contribution in [1.82, 2.24) is 5.32 Å². The highest BCUT2D eigenvalue weighted by molar-refractivity contribution is 5.36. The van der Waals surface area contributed by atoms with Gasteiger partial charge in [-0.2, -0.15) is 0 Å². The molecule has 21 heavy (non-hydrogen) atoms.